The lowest BCUT2D eigenvalue weighted by Crippen LogP contribution is -2.31. The third-order valence-corrected chi connectivity index (χ3v) is 2.70. The van der Waals surface area contributed by atoms with Gasteiger partial charge in [-0.1, -0.05) is 19.9 Å². The predicted molar refractivity (Wildman–Crippen MR) is 61.7 cm³/mol. The molecule has 0 aromatic carbocycles. The summed E-state index contributed by atoms with van der Waals surface area (Å²) in [5.74, 6) is 0.878. The lowest BCUT2D eigenvalue weighted by Gasteiger charge is -2.27. The second-order valence-corrected chi connectivity index (χ2v) is 3.57. The van der Waals surface area contributed by atoms with Crippen molar-refractivity contribution in [3.05, 3.63) is 23.9 Å². The molecular weight excluding hydrogens is 186 g/mol. The van der Waals surface area contributed by atoms with Crippen LogP contribution in [0.1, 0.15) is 32.4 Å². The molecule has 1 heterocycles. The molecule has 0 spiro atoms. The Morgan fingerprint density at radius 2 is 2.07 bits per heavy atom. The van der Waals surface area contributed by atoms with E-state index < -0.39 is 0 Å². The molecule has 3 nitrogen and oxygen atoms in total. The van der Waals surface area contributed by atoms with Gasteiger partial charge in [0.15, 0.2) is 0 Å². The first kappa shape index (κ1) is 11.5. The van der Waals surface area contributed by atoms with Crippen LogP contribution >= 0.6 is 0 Å². The van der Waals surface area contributed by atoms with Gasteiger partial charge in [-0.15, -0.1) is 0 Å². The average Bonchev–Trinajstić information content (AvgIpc) is 2.30. The van der Waals surface area contributed by atoms with Gasteiger partial charge in [-0.25, -0.2) is 4.98 Å². The van der Waals surface area contributed by atoms with E-state index in [0.29, 0.717) is 11.7 Å². The van der Waals surface area contributed by atoms with Gasteiger partial charge in [0.2, 0.25) is 0 Å². The van der Waals surface area contributed by atoms with Crippen LogP contribution < -0.4 is 4.90 Å². The van der Waals surface area contributed by atoms with E-state index in [1.54, 1.807) is 6.07 Å². The zero-order valence-corrected chi connectivity index (χ0v) is 9.57. The van der Waals surface area contributed by atoms with Crippen LogP contribution in [0.3, 0.4) is 0 Å². The van der Waals surface area contributed by atoms with Gasteiger partial charge in [0, 0.05) is 13.1 Å². The maximum atomic E-state index is 8.77. The number of anilines is 1. The van der Waals surface area contributed by atoms with Crippen LogP contribution in [0.25, 0.3) is 0 Å². The van der Waals surface area contributed by atoms with Gasteiger partial charge < -0.3 is 4.90 Å². The van der Waals surface area contributed by atoms with Gasteiger partial charge in [0.25, 0.3) is 0 Å². The summed E-state index contributed by atoms with van der Waals surface area (Å²) in [6.07, 6.45) is 2.18. The lowest BCUT2D eigenvalue weighted by atomic mass is 10.1. The van der Waals surface area contributed by atoms with Gasteiger partial charge in [-0.2, -0.15) is 5.26 Å². The first-order valence-electron chi connectivity index (χ1n) is 5.32. The third-order valence-electron chi connectivity index (χ3n) is 2.70. The van der Waals surface area contributed by atoms with Crippen molar-refractivity contribution in [1.29, 1.82) is 5.26 Å². The van der Waals surface area contributed by atoms with Crippen molar-refractivity contribution in [3.8, 4) is 6.07 Å². The molecule has 0 saturated heterocycles. The summed E-state index contributed by atoms with van der Waals surface area (Å²) in [5, 5.41) is 8.77. The molecule has 80 valence electrons. The molecule has 0 amide bonds. The summed E-state index contributed by atoms with van der Waals surface area (Å²) >= 11 is 0. The van der Waals surface area contributed by atoms with Gasteiger partial charge in [0.1, 0.15) is 17.6 Å². The van der Waals surface area contributed by atoms with Crippen LogP contribution in [0.4, 0.5) is 5.82 Å². The molecule has 3 heteroatoms. The smallest absolute Gasteiger partial charge is 0.142 e. The predicted octanol–water partition coefficient (Wildman–Crippen LogP) is 2.58. The fourth-order valence-corrected chi connectivity index (χ4v) is 1.71. The molecule has 0 unspecified atom stereocenters. The molecule has 0 N–H and O–H groups in total. The summed E-state index contributed by atoms with van der Waals surface area (Å²) in [4.78, 5) is 6.41. The SMILES string of the molecule is CCC(CC)N(C)c1cccc(C#N)n1. The van der Waals surface area contributed by atoms with Crippen LogP contribution in [-0.4, -0.2) is 18.1 Å². The Morgan fingerprint density at radius 3 is 2.60 bits per heavy atom. The minimum atomic E-state index is 0.477. The zero-order chi connectivity index (χ0) is 11.3. The Hall–Kier alpha value is -1.56. The van der Waals surface area contributed by atoms with Crippen LogP contribution in [0.15, 0.2) is 18.2 Å². The minimum Gasteiger partial charge on any atom is -0.357 e. The molecule has 15 heavy (non-hydrogen) atoms. The highest BCUT2D eigenvalue weighted by atomic mass is 15.2. The number of nitrogens with zero attached hydrogens (tertiary/aromatic N) is 3. The van der Waals surface area contributed by atoms with E-state index in [4.69, 9.17) is 5.26 Å². The maximum Gasteiger partial charge on any atom is 0.142 e. The fraction of sp³-hybridized carbons (Fsp3) is 0.500. The summed E-state index contributed by atoms with van der Waals surface area (Å²) < 4.78 is 0. The van der Waals surface area contributed by atoms with Crippen LogP contribution in [-0.2, 0) is 0 Å². The molecule has 0 aliphatic heterocycles. The van der Waals surface area contributed by atoms with Crippen molar-refractivity contribution < 1.29 is 0 Å². The summed E-state index contributed by atoms with van der Waals surface area (Å²) in [7, 11) is 2.03. The van der Waals surface area contributed by atoms with Crippen molar-refractivity contribution in [3.63, 3.8) is 0 Å². The molecular formula is C12H17N3. The van der Waals surface area contributed by atoms with E-state index in [0.717, 1.165) is 18.7 Å². The first-order chi connectivity index (χ1) is 7.22. The molecule has 1 aromatic rings. The van der Waals surface area contributed by atoms with Crippen molar-refractivity contribution in [2.45, 2.75) is 32.7 Å². The average molecular weight is 203 g/mol. The van der Waals surface area contributed by atoms with Crippen molar-refractivity contribution in [1.82, 2.24) is 4.98 Å². The molecule has 0 bridgehead atoms. The number of hydrogen-bond acceptors (Lipinski definition) is 3. The van der Waals surface area contributed by atoms with Crippen LogP contribution in [0.2, 0.25) is 0 Å². The molecule has 1 aromatic heterocycles. The number of aromatic nitrogens is 1. The monoisotopic (exact) mass is 203 g/mol. The number of rotatable bonds is 4. The quantitative estimate of drug-likeness (QED) is 0.755. The minimum absolute atomic E-state index is 0.477. The second kappa shape index (κ2) is 5.35. The normalized spacial score (nSPS) is 10.1. The number of nitriles is 1. The standard InChI is InChI=1S/C12H17N3/c1-4-11(5-2)15(3)12-8-6-7-10(9-13)14-12/h6-8,11H,4-5H2,1-3H3. The largest absolute Gasteiger partial charge is 0.357 e. The Morgan fingerprint density at radius 1 is 1.40 bits per heavy atom. The van der Waals surface area contributed by atoms with Gasteiger partial charge in [-0.3, -0.25) is 0 Å². The summed E-state index contributed by atoms with van der Waals surface area (Å²) in [5.41, 5.74) is 0.477. The molecule has 0 fully saturated rings. The van der Waals surface area contributed by atoms with E-state index in [-0.39, 0.29) is 0 Å². The highest BCUT2D eigenvalue weighted by Crippen LogP contribution is 2.16. The van der Waals surface area contributed by atoms with Crippen molar-refractivity contribution in [2.75, 3.05) is 11.9 Å². The first-order valence-corrected chi connectivity index (χ1v) is 5.32. The van der Waals surface area contributed by atoms with Gasteiger partial charge in [0.05, 0.1) is 0 Å². The number of hydrogen-bond donors (Lipinski definition) is 0. The molecule has 0 radical (unpaired) electrons. The van der Waals surface area contributed by atoms with Gasteiger partial charge in [-0.05, 0) is 25.0 Å². The summed E-state index contributed by atoms with van der Waals surface area (Å²) in [6, 6.07) is 8.10. The molecule has 0 aliphatic rings. The third kappa shape index (κ3) is 2.69. The topological polar surface area (TPSA) is 39.9 Å². The van der Waals surface area contributed by atoms with E-state index in [2.05, 4.69) is 29.8 Å². The molecule has 0 atom stereocenters. The van der Waals surface area contributed by atoms with Crippen molar-refractivity contribution >= 4 is 5.82 Å². The Labute approximate surface area is 91.4 Å². The molecule has 0 saturated carbocycles. The highest BCUT2D eigenvalue weighted by molar-refractivity contribution is 5.41. The second-order valence-electron chi connectivity index (χ2n) is 3.57. The fourth-order valence-electron chi connectivity index (χ4n) is 1.71. The molecule has 1 rings (SSSR count). The van der Waals surface area contributed by atoms with E-state index in [1.807, 2.05) is 19.2 Å². The lowest BCUT2D eigenvalue weighted by molar-refractivity contribution is 0.586. The Kier molecular flexibility index (Phi) is 4.11. The summed E-state index contributed by atoms with van der Waals surface area (Å²) in [6.45, 7) is 4.33. The van der Waals surface area contributed by atoms with Crippen LogP contribution in [0, 0.1) is 11.3 Å². The zero-order valence-electron chi connectivity index (χ0n) is 9.57. The Balaban J connectivity index is 2.90. The van der Waals surface area contributed by atoms with E-state index >= 15 is 0 Å². The van der Waals surface area contributed by atoms with Gasteiger partial charge >= 0.3 is 0 Å². The highest BCUT2D eigenvalue weighted by Gasteiger charge is 2.12. The number of pyridine rings is 1. The maximum absolute atomic E-state index is 8.77. The van der Waals surface area contributed by atoms with E-state index in [1.165, 1.54) is 0 Å². The molecule has 0 aliphatic carbocycles. The van der Waals surface area contributed by atoms with Crippen molar-refractivity contribution in [2.24, 2.45) is 0 Å². The Bertz CT molecular complexity index is 350. The van der Waals surface area contributed by atoms with Crippen LogP contribution in [0.5, 0.6) is 0 Å². The van der Waals surface area contributed by atoms with E-state index in [9.17, 15) is 0 Å².